The number of hydrogen-bond donors (Lipinski definition) is 2. The first-order valence-electron chi connectivity index (χ1n) is 6.85. The van der Waals surface area contributed by atoms with Crippen LogP contribution in [0.25, 0.3) is 0 Å². The zero-order valence-corrected chi connectivity index (χ0v) is 12.9. The molecular formula is C12H16F3N5O2S. The maximum absolute atomic E-state index is 11.9. The third kappa shape index (κ3) is 6.02. The van der Waals surface area contributed by atoms with E-state index in [0.717, 1.165) is 5.13 Å². The summed E-state index contributed by atoms with van der Waals surface area (Å²) in [7, 11) is 0. The third-order valence-corrected chi connectivity index (χ3v) is 3.96. The summed E-state index contributed by atoms with van der Waals surface area (Å²) >= 11 is 1.53. The molecule has 0 bridgehead atoms. The monoisotopic (exact) mass is 351 g/mol. The van der Waals surface area contributed by atoms with E-state index in [1.807, 2.05) is 15.6 Å². The summed E-state index contributed by atoms with van der Waals surface area (Å²) in [5.74, 6) is -0.632. The number of alkyl halides is 3. The largest absolute Gasteiger partial charge is 0.405 e. The van der Waals surface area contributed by atoms with Crippen molar-refractivity contribution in [3.63, 3.8) is 0 Å². The van der Waals surface area contributed by atoms with Crippen LogP contribution in [0.3, 0.4) is 0 Å². The van der Waals surface area contributed by atoms with Crippen LogP contribution in [0, 0.1) is 0 Å². The summed E-state index contributed by atoms with van der Waals surface area (Å²) in [6, 6.07) is -1.14. The van der Waals surface area contributed by atoms with Crippen LogP contribution in [0.4, 0.5) is 23.1 Å². The van der Waals surface area contributed by atoms with Gasteiger partial charge in [-0.15, -0.1) is 11.3 Å². The minimum absolute atomic E-state index is 0.0366. The van der Waals surface area contributed by atoms with Crippen LogP contribution in [0.2, 0.25) is 0 Å². The Morgan fingerprint density at radius 1 is 1.26 bits per heavy atom. The normalized spacial score (nSPS) is 16.2. The second-order valence-electron chi connectivity index (χ2n) is 4.92. The number of halogens is 3. The van der Waals surface area contributed by atoms with Gasteiger partial charge in [0.25, 0.3) is 0 Å². The number of anilines is 1. The van der Waals surface area contributed by atoms with Gasteiger partial charge in [-0.25, -0.2) is 9.78 Å². The smallest absolute Gasteiger partial charge is 0.346 e. The number of aromatic nitrogens is 1. The summed E-state index contributed by atoms with van der Waals surface area (Å²) in [6.45, 7) is 1.10. The number of nitrogens with zero attached hydrogens (tertiary/aromatic N) is 3. The predicted molar refractivity (Wildman–Crippen MR) is 78.4 cm³/mol. The molecule has 0 saturated carbocycles. The Labute approximate surface area is 134 Å². The summed E-state index contributed by atoms with van der Waals surface area (Å²) < 4.78 is 35.8. The van der Waals surface area contributed by atoms with Gasteiger partial charge in [0.15, 0.2) is 5.13 Å². The van der Waals surface area contributed by atoms with E-state index >= 15 is 0 Å². The molecule has 0 unspecified atom stereocenters. The van der Waals surface area contributed by atoms with Crippen molar-refractivity contribution < 1.29 is 22.8 Å². The number of hydrogen-bond acceptors (Lipinski definition) is 6. The second kappa shape index (κ2) is 7.59. The number of thiazole rings is 1. The molecule has 1 aliphatic rings. The fraction of sp³-hybridized carbons (Fsp3) is 0.583. The summed E-state index contributed by atoms with van der Waals surface area (Å²) in [6.07, 6.45) is -2.79. The molecule has 2 rings (SSSR count). The molecule has 7 nitrogen and oxygen atoms in total. The third-order valence-electron chi connectivity index (χ3n) is 3.13. The van der Waals surface area contributed by atoms with Gasteiger partial charge in [-0.05, 0) is 0 Å². The maximum Gasteiger partial charge on any atom is 0.405 e. The Balaban J connectivity index is 1.67. The molecule has 0 aliphatic carbocycles. The molecule has 1 fully saturated rings. The van der Waals surface area contributed by atoms with E-state index in [1.54, 1.807) is 11.5 Å². The maximum atomic E-state index is 11.9. The lowest BCUT2D eigenvalue weighted by Gasteiger charge is -2.33. The van der Waals surface area contributed by atoms with Crippen molar-refractivity contribution in [3.8, 4) is 0 Å². The highest BCUT2D eigenvalue weighted by Gasteiger charge is 2.28. The zero-order valence-electron chi connectivity index (χ0n) is 12.1. The molecule has 1 saturated heterocycles. The summed E-state index contributed by atoms with van der Waals surface area (Å²) in [5.41, 5.74) is 0. The molecule has 0 radical (unpaired) electrons. The SMILES string of the molecule is O=C(CN1CCN(c2nccs2)CC1)NC(=O)NCC(F)(F)F. The molecular weight excluding hydrogens is 335 g/mol. The highest BCUT2D eigenvalue weighted by Crippen LogP contribution is 2.18. The molecule has 1 aromatic heterocycles. The summed E-state index contributed by atoms with van der Waals surface area (Å²) in [5, 5.41) is 6.27. The number of nitrogens with one attached hydrogen (secondary N) is 2. The van der Waals surface area contributed by atoms with Crippen LogP contribution >= 0.6 is 11.3 Å². The first-order valence-corrected chi connectivity index (χ1v) is 7.73. The predicted octanol–water partition coefficient (Wildman–Crippen LogP) is 0.653. The number of urea groups is 1. The second-order valence-corrected chi connectivity index (χ2v) is 5.80. The first-order chi connectivity index (χ1) is 10.8. The van der Waals surface area contributed by atoms with Gasteiger partial charge in [0, 0.05) is 37.8 Å². The fourth-order valence-electron chi connectivity index (χ4n) is 2.06. The molecule has 0 spiro atoms. The van der Waals surface area contributed by atoms with Crippen molar-refractivity contribution in [3.05, 3.63) is 11.6 Å². The van der Waals surface area contributed by atoms with E-state index in [2.05, 4.69) is 9.88 Å². The first kappa shape index (κ1) is 17.5. The van der Waals surface area contributed by atoms with Gasteiger partial charge in [-0.1, -0.05) is 0 Å². The van der Waals surface area contributed by atoms with Crippen LogP contribution in [0.15, 0.2) is 11.6 Å². The van der Waals surface area contributed by atoms with Crippen LogP contribution in [0.5, 0.6) is 0 Å². The van der Waals surface area contributed by atoms with Crippen molar-refractivity contribution >= 4 is 28.4 Å². The van der Waals surface area contributed by atoms with E-state index in [0.29, 0.717) is 26.2 Å². The average molecular weight is 351 g/mol. The molecule has 1 aromatic rings. The number of amides is 3. The molecule has 1 aliphatic heterocycles. The van der Waals surface area contributed by atoms with Gasteiger partial charge in [0.2, 0.25) is 5.91 Å². The lowest BCUT2D eigenvalue weighted by atomic mass is 10.3. The zero-order chi connectivity index (χ0) is 16.9. The molecule has 2 heterocycles. The Bertz CT molecular complexity index is 529. The van der Waals surface area contributed by atoms with Crippen molar-refractivity contribution in [2.45, 2.75) is 6.18 Å². The van der Waals surface area contributed by atoms with E-state index in [-0.39, 0.29) is 6.54 Å². The van der Waals surface area contributed by atoms with Gasteiger partial charge in [0.05, 0.1) is 6.54 Å². The standard InChI is InChI=1S/C12H16F3N5O2S/c13-12(14,15)8-17-10(22)18-9(21)7-19-2-4-20(5-3-19)11-16-1-6-23-11/h1,6H,2-5,7-8H2,(H2,17,18,21,22). The lowest BCUT2D eigenvalue weighted by Crippen LogP contribution is -2.51. The Morgan fingerprint density at radius 3 is 2.52 bits per heavy atom. The van der Waals surface area contributed by atoms with E-state index in [1.165, 1.54) is 11.3 Å². The Hall–Kier alpha value is -1.88. The summed E-state index contributed by atoms with van der Waals surface area (Å²) in [4.78, 5) is 30.9. The molecule has 2 N–H and O–H groups in total. The van der Waals surface area contributed by atoms with Gasteiger partial charge in [0.1, 0.15) is 6.54 Å². The lowest BCUT2D eigenvalue weighted by molar-refractivity contribution is -0.125. The van der Waals surface area contributed by atoms with Crippen molar-refractivity contribution in [2.24, 2.45) is 0 Å². The van der Waals surface area contributed by atoms with Gasteiger partial charge in [-0.3, -0.25) is 15.0 Å². The molecule has 11 heteroatoms. The van der Waals surface area contributed by atoms with E-state index < -0.39 is 24.7 Å². The number of piperazine rings is 1. The van der Waals surface area contributed by atoms with Gasteiger partial charge in [-0.2, -0.15) is 13.2 Å². The van der Waals surface area contributed by atoms with Gasteiger partial charge >= 0.3 is 12.2 Å². The Morgan fingerprint density at radius 2 is 1.96 bits per heavy atom. The highest BCUT2D eigenvalue weighted by atomic mass is 32.1. The highest BCUT2D eigenvalue weighted by molar-refractivity contribution is 7.13. The molecule has 0 atom stereocenters. The number of carbonyl (C=O) groups excluding carboxylic acids is 2. The van der Waals surface area contributed by atoms with Crippen molar-refractivity contribution in [2.75, 3.05) is 44.2 Å². The van der Waals surface area contributed by atoms with Crippen molar-refractivity contribution in [1.29, 1.82) is 0 Å². The minimum atomic E-state index is -4.51. The minimum Gasteiger partial charge on any atom is -0.346 e. The topological polar surface area (TPSA) is 77.6 Å². The van der Waals surface area contributed by atoms with Crippen LogP contribution in [-0.2, 0) is 4.79 Å². The molecule has 128 valence electrons. The van der Waals surface area contributed by atoms with Crippen LogP contribution in [-0.4, -0.2) is 67.3 Å². The van der Waals surface area contributed by atoms with Crippen LogP contribution in [0.1, 0.15) is 0 Å². The number of imide groups is 1. The fourth-order valence-corrected chi connectivity index (χ4v) is 2.76. The molecule has 23 heavy (non-hydrogen) atoms. The van der Waals surface area contributed by atoms with Crippen LogP contribution < -0.4 is 15.5 Å². The molecule has 0 aromatic carbocycles. The van der Waals surface area contributed by atoms with Crippen molar-refractivity contribution in [1.82, 2.24) is 20.5 Å². The van der Waals surface area contributed by atoms with E-state index in [4.69, 9.17) is 0 Å². The van der Waals surface area contributed by atoms with Gasteiger partial charge < -0.3 is 10.2 Å². The average Bonchev–Trinajstić information content (AvgIpc) is 2.99. The molecule has 3 amide bonds. The Kier molecular flexibility index (Phi) is 5.77. The van der Waals surface area contributed by atoms with E-state index in [9.17, 15) is 22.8 Å². The quantitative estimate of drug-likeness (QED) is 0.833. The number of carbonyl (C=O) groups is 2. The number of rotatable bonds is 4.